The average Bonchev–Trinajstić information content (AvgIpc) is 3.49. The number of amides is 1. The first-order chi connectivity index (χ1) is 19.9. The smallest absolute Gasteiger partial charge is 0.269 e. The molecule has 1 spiro atoms. The zero-order valence-electron chi connectivity index (χ0n) is 21.6. The number of benzene rings is 4. The van der Waals surface area contributed by atoms with Crippen LogP contribution in [0.3, 0.4) is 0 Å². The molecule has 200 valence electrons. The number of nitro benzene ring substituents is 1. The Balaban J connectivity index is 1.51. The molecule has 1 amide bonds. The molecular weight excluding hydrogens is 518 g/mol. The normalized spacial score (nSPS) is 23.5. The number of hydrogen-bond acceptors (Lipinski definition) is 6. The second kappa shape index (κ2) is 9.09. The maximum Gasteiger partial charge on any atom is 0.269 e. The number of nitro groups is 1. The van der Waals surface area contributed by atoms with E-state index in [1.54, 1.807) is 36.5 Å². The second-order valence-corrected chi connectivity index (χ2v) is 10.5. The molecule has 7 rings (SSSR count). The summed E-state index contributed by atoms with van der Waals surface area (Å²) in [4.78, 5) is 56.1. The first-order valence-corrected chi connectivity index (χ1v) is 13.3. The Bertz CT molecular complexity index is 1780. The monoisotopic (exact) mass is 541 g/mol. The molecule has 0 bridgehead atoms. The van der Waals surface area contributed by atoms with Crippen LogP contribution in [0.15, 0.2) is 109 Å². The Morgan fingerprint density at radius 3 is 2.22 bits per heavy atom. The van der Waals surface area contributed by atoms with Crippen LogP contribution in [0.2, 0.25) is 0 Å². The number of carbonyl (C=O) groups is 3. The number of hydrogen-bond donors (Lipinski definition) is 1. The maximum absolute atomic E-state index is 14.6. The molecule has 8 nitrogen and oxygen atoms in total. The van der Waals surface area contributed by atoms with Crippen LogP contribution in [-0.2, 0) is 10.2 Å². The molecule has 1 N–H and O–H groups in total. The second-order valence-electron chi connectivity index (χ2n) is 10.5. The summed E-state index contributed by atoms with van der Waals surface area (Å²) in [5.74, 6) is -2.15. The summed E-state index contributed by atoms with van der Waals surface area (Å²) in [6.45, 7) is 0. The lowest BCUT2D eigenvalue weighted by molar-refractivity contribution is -0.384. The molecule has 0 aliphatic carbocycles. The predicted molar refractivity (Wildman–Crippen MR) is 152 cm³/mol. The van der Waals surface area contributed by atoms with Crippen molar-refractivity contribution >= 4 is 34.9 Å². The van der Waals surface area contributed by atoms with E-state index in [2.05, 4.69) is 5.32 Å². The lowest BCUT2D eigenvalue weighted by atomic mass is 9.62. The number of anilines is 1. The number of ketones is 2. The zero-order chi connectivity index (χ0) is 28.3. The molecule has 3 aliphatic rings. The fourth-order valence-electron chi connectivity index (χ4n) is 6.87. The van der Waals surface area contributed by atoms with Crippen LogP contribution in [0, 0.1) is 16.0 Å². The lowest BCUT2D eigenvalue weighted by Gasteiger charge is -2.38. The minimum Gasteiger partial charge on any atom is -0.358 e. The van der Waals surface area contributed by atoms with Gasteiger partial charge in [0.05, 0.1) is 16.9 Å². The number of rotatable bonds is 5. The van der Waals surface area contributed by atoms with E-state index in [1.165, 1.54) is 24.3 Å². The Labute approximate surface area is 235 Å². The van der Waals surface area contributed by atoms with Gasteiger partial charge in [0.15, 0.2) is 11.6 Å². The molecular formula is C33H23N3O5. The molecule has 0 saturated carbocycles. The highest BCUT2D eigenvalue weighted by atomic mass is 16.6. The highest BCUT2D eigenvalue weighted by molar-refractivity contribution is 6.16. The SMILES string of the molecule is O=C(c1ccc([N+](=O)[O-])cc1)C1C(C(=O)c2ccccc2)C2(C(=O)Nc3ccccc32)C2c3ccccc3C=CN12. The van der Waals surface area contributed by atoms with Crippen LogP contribution >= 0.6 is 0 Å². The fraction of sp³-hybridized carbons (Fsp3) is 0.121. The van der Waals surface area contributed by atoms with Crippen molar-refractivity contribution in [2.45, 2.75) is 17.5 Å². The van der Waals surface area contributed by atoms with Crippen molar-refractivity contribution in [2.24, 2.45) is 5.92 Å². The van der Waals surface area contributed by atoms with E-state index in [9.17, 15) is 24.5 Å². The highest BCUT2D eigenvalue weighted by Crippen LogP contribution is 2.62. The van der Waals surface area contributed by atoms with Gasteiger partial charge in [-0.3, -0.25) is 24.5 Å². The molecule has 4 atom stereocenters. The van der Waals surface area contributed by atoms with Crippen LogP contribution < -0.4 is 5.32 Å². The molecule has 0 aromatic heterocycles. The summed E-state index contributed by atoms with van der Waals surface area (Å²) >= 11 is 0. The summed E-state index contributed by atoms with van der Waals surface area (Å²) in [6.07, 6.45) is 3.69. The van der Waals surface area contributed by atoms with Crippen LogP contribution in [0.5, 0.6) is 0 Å². The van der Waals surface area contributed by atoms with E-state index in [0.29, 0.717) is 16.8 Å². The lowest BCUT2D eigenvalue weighted by Crippen LogP contribution is -2.49. The number of para-hydroxylation sites is 1. The molecule has 1 fully saturated rings. The van der Waals surface area contributed by atoms with Crippen LogP contribution in [-0.4, -0.2) is 33.3 Å². The largest absolute Gasteiger partial charge is 0.358 e. The third-order valence-electron chi connectivity index (χ3n) is 8.54. The van der Waals surface area contributed by atoms with E-state index in [1.807, 2.05) is 59.5 Å². The van der Waals surface area contributed by atoms with Gasteiger partial charge in [0, 0.05) is 35.1 Å². The molecule has 8 heteroatoms. The first-order valence-electron chi connectivity index (χ1n) is 13.3. The molecule has 3 aliphatic heterocycles. The number of nitrogens with zero attached hydrogens (tertiary/aromatic N) is 2. The van der Waals surface area contributed by atoms with E-state index in [-0.39, 0.29) is 22.9 Å². The van der Waals surface area contributed by atoms with Crippen LogP contribution in [0.4, 0.5) is 11.4 Å². The Hall–Kier alpha value is -5.37. The van der Waals surface area contributed by atoms with Gasteiger partial charge in [-0.2, -0.15) is 0 Å². The Morgan fingerprint density at radius 1 is 0.805 bits per heavy atom. The van der Waals surface area contributed by atoms with Crippen molar-refractivity contribution in [2.75, 3.05) is 5.32 Å². The zero-order valence-corrected chi connectivity index (χ0v) is 21.6. The summed E-state index contributed by atoms with van der Waals surface area (Å²) < 4.78 is 0. The number of nitrogens with one attached hydrogen (secondary N) is 1. The molecule has 3 heterocycles. The van der Waals surface area contributed by atoms with Crippen molar-refractivity contribution in [3.8, 4) is 0 Å². The third kappa shape index (κ3) is 3.43. The molecule has 0 radical (unpaired) electrons. The number of Topliss-reactive ketones (excluding diaryl/α,β-unsaturated/α-hetero) is 2. The highest BCUT2D eigenvalue weighted by Gasteiger charge is 2.70. The summed E-state index contributed by atoms with van der Waals surface area (Å²) in [7, 11) is 0. The van der Waals surface area contributed by atoms with Gasteiger partial charge in [0.1, 0.15) is 11.5 Å². The minimum atomic E-state index is -1.43. The van der Waals surface area contributed by atoms with Gasteiger partial charge < -0.3 is 10.2 Å². The molecule has 41 heavy (non-hydrogen) atoms. The molecule has 4 aromatic rings. The average molecular weight is 542 g/mol. The van der Waals surface area contributed by atoms with Crippen molar-refractivity contribution < 1.29 is 19.3 Å². The number of carbonyl (C=O) groups excluding carboxylic acids is 3. The van der Waals surface area contributed by atoms with Crippen molar-refractivity contribution in [3.63, 3.8) is 0 Å². The molecule has 4 unspecified atom stereocenters. The Kier molecular flexibility index (Phi) is 5.47. The van der Waals surface area contributed by atoms with Gasteiger partial charge in [-0.1, -0.05) is 72.8 Å². The van der Waals surface area contributed by atoms with Crippen molar-refractivity contribution in [1.82, 2.24) is 4.90 Å². The van der Waals surface area contributed by atoms with Gasteiger partial charge >= 0.3 is 0 Å². The van der Waals surface area contributed by atoms with Crippen molar-refractivity contribution in [3.05, 3.63) is 147 Å². The third-order valence-corrected chi connectivity index (χ3v) is 8.54. The minimum absolute atomic E-state index is 0.143. The summed E-state index contributed by atoms with van der Waals surface area (Å²) in [5.41, 5.74) is 2.07. The van der Waals surface area contributed by atoms with Gasteiger partial charge in [-0.25, -0.2) is 0 Å². The summed E-state index contributed by atoms with van der Waals surface area (Å²) in [5, 5.41) is 14.3. The first kappa shape index (κ1) is 24.7. The Morgan fingerprint density at radius 2 is 1.46 bits per heavy atom. The number of fused-ring (bicyclic) bond motifs is 6. The van der Waals surface area contributed by atoms with E-state index >= 15 is 0 Å². The van der Waals surface area contributed by atoms with Crippen LogP contribution in [0.1, 0.15) is 43.4 Å². The van der Waals surface area contributed by atoms with Gasteiger partial charge in [0.25, 0.3) is 5.69 Å². The molecule has 4 aromatic carbocycles. The van der Waals surface area contributed by atoms with Gasteiger partial charge in [0.2, 0.25) is 5.91 Å². The standard InChI is InChI=1S/C33H23N3O5/c37-29(21-9-2-1-3-10-21)27-28(30(38)22-14-16-23(17-15-22)36(40)41)35-19-18-20-8-4-5-11-24(20)31(35)33(27)25-12-6-7-13-26(25)34-32(33)39/h1-19,27-28,31H,(H,34,39). The van der Waals surface area contributed by atoms with Gasteiger partial charge in [-0.05, 0) is 41.0 Å². The topological polar surface area (TPSA) is 110 Å². The number of non-ortho nitro benzene ring substituents is 1. The maximum atomic E-state index is 14.6. The quantitative estimate of drug-likeness (QED) is 0.201. The van der Waals surface area contributed by atoms with E-state index < -0.39 is 34.1 Å². The molecule has 1 saturated heterocycles. The van der Waals surface area contributed by atoms with E-state index in [0.717, 1.165) is 11.1 Å². The van der Waals surface area contributed by atoms with Crippen LogP contribution in [0.25, 0.3) is 6.08 Å². The van der Waals surface area contributed by atoms with Crippen molar-refractivity contribution in [1.29, 1.82) is 0 Å². The van der Waals surface area contributed by atoms with E-state index in [4.69, 9.17) is 0 Å². The van der Waals surface area contributed by atoms with Gasteiger partial charge in [-0.15, -0.1) is 0 Å². The fourth-order valence-corrected chi connectivity index (χ4v) is 6.87. The predicted octanol–water partition coefficient (Wildman–Crippen LogP) is 5.58. The summed E-state index contributed by atoms with van der Waals surface area (Å²) in [6, 6.07) is 27.4.